The quantitative estimate of drug-likeness (QED) is 0.337. The first-order chi connectivity index (χ1) is 13.1. The van der Waals surface area contributed by atoms with Gasteiger partial charge < -0.3 is 9.64 Å². The monoisotopic (exact) mass is 371 g/mol. The largest absolute Gasteiger partial charge is 0.448 e. The van der Waals surface area contributed by atoms with Gasteiger partial charge in [0.25, 0.3) is 11.6 Å². The van der Waals surface area contributed by atoms with Crippen LogP contribution in [0.15, 0.2) is 24.3 Å². The lowest BCUT2D eigenvalue weighted by Gasteiger charge is -2.14. The predicted octanol–water partition coefficient (Wildman–Crippen LogP) is 1.45. The molecule has 0 spiro atoms. The molecule has 2 saturated heterocycles. The fraction of sp³-hybridized carbons (Fsp3) is 0.474. The number of hydrogen-bond acceptors (Lipinski definition) is 6. The maximum Gasteiger partial charge on any atom is 0.345 e. The fourth-order valence-electron chi connectivity index (χ4n) is 3.23. The third-order valence-electron chi connectivity index (χ3n) is 4.71. The number of carbonyl (C=O) groups excluding carboxylic acids is 2. The topological polar surface area (TPSA) is 93.0 Å². The van der Waals surface area contributed by atoms with E-state index in [0.29, 0.717) is 26.1 Å². The van der Waals surface area contributed by atoms with Crippen LogP contribution >= 0.6 is 0 Å². The van der Waals surface area contributed by atoms with E-state index in [0.717, 1.165) is 13.1 Å². The van der Waals surface area contributed by atoms with Gasteiger partial charge in [-0.1, -0.05) is 24.0 Å². The number of para-hydroxylation sites is 1. The van der Waals surface area contributed by atoms with Crippen LogP contribution in [0.1, 0.15) is 29.6 Å². The molecule has 2 aliphatic rings. The van der Waals surface area contributed by atoms with Crippen molar-refractivity contribution in [2.45, 2.75) is 25.4 Å². The lowest BCUT2D eigenvalue weighted by molar-refractivity contribution is -0.385. The zero-order chi connectivity index (χ0) is 19.2. The van der Waals surface area contributed by atoms with E-state index in [4.69, 9.17) is 4.74 Å². The van der Waals surface area contributed by atoms with Crippen LogP contribution in [0.5, 0.6) is 0 Å². The third-order valence-corrected chi connectivity index (χ3v) is 4.71. The molecule has 0 bridgehead atoms. The minimum absolute atomic E-state index is 0.154. The van der Waals surface area contributed by atoms with E-state index in [-0.39, 0.29) is 17.2 Å². The highest BCUT2D eigenvalue weighted by Crippen LogP contribution is 2.21. The SMILES string of the molecule is O=C(OC1CCN(CC#CCN2CCCC2)C1=O)c1ccccc1[N+](=O)[O-]. The second kappa shape index (κ2) is 8.64. The molecule has 1 unspecified atom stereocenters. The Labute approximate surface area is 157 Å². The summed E-state index contributed by atoms with van der Waals surface area (Å²) in [5, 5.41) is 11.0. The Hall–Kier alpha value is -2.92. The summed E-state index contributed by atoms with van der Waals surface area (Å²) in [6, 6.07) is 5.54. The number of hydrogen-bond donors (Lipinski definition) is 0. The van der Waals surface area contributed by atoms with Crippen molar-refractivity contribution in [3.8, 4) is 11.8 Å². The summed E-state index contributed by atoms with van der Waals surface area (Å²) in [6.45, 7) is 3.60. The summed E-state index contributed by atoms with van der Waals surface area (Å²) in [4.78, 5) is 38.8. The van der Waals surface area contributed by atoms with Crippen LogP contribution < -0.4 is 0 Å². The molecule has 0 aromatic heterocycles. The van der Waals surface area contributed by atoms with Crippen molar-refractivity contribution in [1.29, 1.82) is 0 Å². The maximum absolute atomic E-state index is 12.4. The van der Waals surface area contributed by atoms with Crippen molar-refractivity contribution in [1.82, 2.24) is 9.80 Å². The molecule has 1 amide bonds. The van der Waals surface area contributed by atoms with Crippen LogP contribution in [0.25, 0.3) is 0 Å². The maximum atomic E-state index is 12.4. The Morgan fingerprint density at radius 2 is 1.89 bits per heavy atom. The molecule has 3 rings (SSSR count). The lowest BCUT2D eigenvalue weighted by atomic mass is 10.2. The minimum Gasteiger partial charge on any atom is -0.448 e. The normalized spacial score (nSPS) is 19.6. The Bertz CT molecular complexity index is 792. The first-order valence-electron chi connectivity index (χ1n) is 8.97. The van der Waals surface area contributed by atoms with Gasteiger partial charge in [-0.15, -0.1) is 0 Å². The van der Waals surface area contributed by atoms with Crippen LogP contribution in [-0.4, -0.2) is 65.4 Å². The number of likely N-dealkylation sites (tertiary alicyclic amines) is 2. The van der Waals surface area contributed by atoms with Gasteiger partial charge in [0.15, 0.2) is 6.10 Å². The number of carbonyl (C=O) groups is 2. The highest BCUT2D eigenvalue weighted by Gasteiger charge is 2.35. The number of nitro benzene ring substituents is 1. The summed E-state index contributed by atoms with van der Waals surface area (Å²) in [6.07, 6.45) is 1.86. The number of nitro groups is 1. The molecule has 2 heterocycles. The first-order valence-corrected chi connectivity index (χ1v) is 8.97. The van der Waals surface area contributed by atoms with Crippen molar-refractivity contribution in [3.63, 3.8) is 0 Å². The van der Waals surface area contributed by atoms with Gasteiger partial charge in [-0.2, -0.15) is 0 Å². The molecule has 2 fully saturated rings. The number of nitrogens with zero attached hydrogens (tertiary/aromatic N) is 3. The number of benzene rings is 1. The average molecular weight is 371 g/mol. The molecular formula is C19H21N3O5. The Balaban J connectivity index is 1.53. The zero-order valence-corrected chi connectivity index (χ0v) is 14.9. The molecule has 0 saturated carbocycles. The summed E-state index contributed by atoms with van der Waals surface area (Å²) < 4.78 is 5.23. The van der Waals surface area contributed by atoms with E-state index in [9.17, 15) is 19.7 Å². The minimum atomic E-state index is -0.919. The lowest BCUT2D eigenvalue weighted by Crippen LogP contribution is -2.32. The number of ether oxygens (including phenoxy) is 1. The molecule has 8 heteroatoms. The van der Waals surface area contributed by atoms with Crippen LogP contribution in [0, 0.1) is 22.0 Å². The van der Waals surface area contributed by atoms with E-state index in [1.54, 1.807) is 4.90 Å². The van der Waals surface area contributed by atoms with Crippen molar-refractivity contribution >= 4 is 17.6 Å². The van der Waals surface area contributed by atoms with Gasteiger partial charge in [0, 0.05) is 19.0 Å². The summed E-state index contributed by atoms with van der Waals surface area (Å²) in [5.41, 5.74) is -0.489. The molecule has 1 aromatic rings. The van der Waals surface area contributed by atoms with Gasteiger partial charge >= 0.3 is 5.97 Å². The Kier molecular flexibility index (Phi) is 6.04. The van der Waals surface area contributed by atoms with E-state index >= 15 is 0 Å². The molecule has 0 aliphatic carbocycles. The molecule has 0 N–H and O–H groups in total. The second-order valence-corrected chi connectivity index (χ2v) is 6.55. The summed E-state index contributed by atoms with van der Waals surface area (Å²) >= 11 is 0. The number of rotatable bonds is 5. The smallest absolute Gasteiger partial charge is 0.345 e. The van der Waals surface area contributed by atoms with Crippen LogP contribution in [0.2, 0.25) is 0 Å². The molecule has 142 valence electrons. The van der Waals surface area contributed by atoms with Crippen LogP contribution in [0.4, 0.5) is 5.69 Å². The van der Waals surface area contributed by atoms with E-state index in [1.165, 1.54) is 37.1 Å². The van der Waals surface area contributed by atoms with E-state index < -0.39 is 17.0 Å². The first kappa shape index (κ1) is 18.9. The van der Waals surface area contributed by atoms with Gasteiger partial charge in [-0.05, 0) is 32.0 Å². The van der Waals surface area contributed by atoms with E-state index in [1.807, 2.05) is 0 Å². The Morgan fingerprint density at radius 1 is 1.19 bits per heavy atom. The molecule has 27 heavy (non-hydrogen) atoms. The van der Waals surface area contributed by atoms with Crippen LogP contribution in [0.3, 0.4) is 0 Å². The molecule has 1 aromatic carbocycles. The van der Waals surface area contributed by atoms with Crippen molar-refractivity contribution in [2.75, 3.05) is 32.7 Å². The van der Waals surface area contributed by atoms with Crippen molar-refractivity contribution < 1.29 is 19.2 Å². The van der Waals surface area contributed by atoms with Gasteiger partial charge in [-0.25, -0.2) is 4.79 Å². The van der Waals surface area contributed by atoms with Gasteiger partial charge in [0.2, 0.25) is 0 Å². The van der Waals surface area contributed by atoms with Gasteiger partial charge in [-0.3, -0.25) is 19.8 Å². The van der Waals surface area contributed by atoms with Crippen LogP contribution in [-0.2, 0) is 9.53 Å². The van der Waals surface area contributed by atoms with E-state index in [2.05, 4.69) is 16.7 Å². The highest BCUT2D eigenvalue weighted by atomic mass is 16.6. The molecule has 2 aliphatic heterocycles. The standard InChI is InChI=1S/C19H21N3O5/c23-18-17(27-19(24)15-7-1-2-8-16(15)22(25)26)9-14-21(18)13-6-5-12-20-10-3-4-11-20/h1-2,7-8,17H,3-4,9-14H2. The molecule has 0 radical (unpaired) electrons. The zero-order valence-electron chi connectivity index (χ0n) is 14.9. The second-order valence-electron chi connectivity index (χ2n) is 6.55. The third kappa shape index (κ3) is 4.63. The molecule has 8 nitrogen and oxygen atoms in total. The van der Waals surface area contributed by atoms with Gasteiger partial charge in [0.1, 0.15) is 5.56 Å². The number of esters is 1. The van der Waals surface area contributed by atoms with Crippen molar-refractivity contribution in [2.24, 2.45) is 0 Å². The molecule has 1 atom stereocenters. The molecular weight excluding hydrogens is 350 g/mol. The summed E-state index contributed by atoms with van der Waals surface area (Å²) in [7, 11) is 0. The highest BCUT2D eigenvalue weighted by molar-refractivity contribution is 5.96. The predicted molar refractivity (Wildman–Crippen MR) is 96.9 cm³/mol. The fourth-order valence-corrected chi connectivity index (χ4v) is 3.23. The summed E-state index contributed by atoms with van der Waals surface area (Å²) in [5.74, 6) is 4.91. The number of amides is 1. The van der Waals surface area contributed by atoms with Crippen molar-refractivity contribution in [3.05, 3.63) is 39.9 Å². The van der Waals surface area contributed by atoms with Gasteiger partial charge in [0.05, 0.1) is 18.0 Å². The average Bonchev–Trinajstić information content (AvgIpc) is 3.30. The Morgan fingerprint density at radius 3 is 2.63 bits per heavy atom.